The highest BCUT2D eigenvalue weighted by molar-refractivity contribution is 5.80. The van der Waals surface area contributed by atoms with Gasteiger partial charge in [-0.15, -0.1) is 0 Å². The first-order chi connectivity index (χ1) is 8.19. The number of carbonyl (C=O) groups excluding carboxylic acids is 1. The summed E-state index contributed by atoms with van der Waals surface area (Å²) in [6, 6.07) is 6.60. The molecule has 0 aromatic heterocycles. The molecule has 1 aliphatic rings. The monoisotopic (exact) mass is 233 g/mol. The van der Waals surface area contributed by atoms with Gasteiger partial charge in [-0.1, -0.05) is 12.1 Å². The zero-order chi connectivity index (χ0) is 12.4. The van der Waals surface area contributed by atoms with Gasteiger partial charge in [0.25, 0.3) is 0 Å². The lowest BCUT2D eigenvalue weighted by atomic mass is 10.0. The van der Waals surface area contributed by atoms with Crippen LogP contribution in [0.1, 0.15) is 36.3 Å². The molecule has 2 unspecified atom stereocenters. The molecule has 0 aliphatic heterocycles. The average molecular weight is 233 g/mol. The van der Waals surface area contributed by atoms with Crippen molar-refractivity contribution in [3.05, 3.63) is 35.1 Å². The van der Waals surface area contributed by atoms with Gasteiger partial charge in [-0.25, -0.2) is 4.39 Å². The number of fused-ring (bicyclic) bond motifs is 1. The van der Waals surface area contributed by atoms with E-state index in [1.165, 1.54) is 6.07 Å². The van der Waals surface area contributed by atoms with Gasteiger partial charge in [-0.3, -0.25) is 4.79 Å². The van der Waals surface area contributed by atoms with Crippen LogP contribution in [0.25, 0.3) is 0 Å². The van der Waals surface area contributed by atoms with Crippen LogP contribution in [0.4, 0.5) is 4.39 Å². The van der Waals surface area contributed by atoms with E-state index >= 15 is 0 Å². The van der Waals surface area contributed by atoms with Crippen LogP contribution < -0.4 is 0 Å². The molecule has 1 aromatic rings. The maximum absolute atomic E-state index is 13.6. The van der Waals surface area contributed by atoms with Crippen molar-refractivity contribution in [3.63, 3.8) is 0 Å². The Morgan fingerprint density at radius 3 is 3.06 bits per heavy atom. The van der Waals surface area contributed by atoms with Crippen LogP contribution in [0.2, 0.25) is 0 Å². The highest BCUT2D eigenvalue weighted by Gasteiger charge is 2.38. The molecule has 2 atom stereocenters. The Bertz CT molecular complexity index is 493. The summed E-state index contributed by atoms with van der Waals surface area (Å²) >= 11 is 0. The second-order valence-corrected chi connectivity index (χ2v) is 3.96. The highest BCUT2D eigenvalue weighted by atomic mass is 19.1. The smallest absolute Gasteiger partial charge is 0.313 e. The summed E-state index contributed by atoms with van der Waals surface area (Å²) in [4.78, 5) is 11.7. The molecule has 0 amide bonds. The third-order valence-corrected chi connectivity index (χ3v) is 3.01. The van der Waals surface area contributed by atoms with Crippen molar-refractivity contribution in [1.82, 2.24) is 0 Å². The molecule has 0 saturated carbocycles. The lowest BCUT2D eigenvalue weighted by Gasteiger charge is -2.09. The molecular formula is C13H12FNO2. The molecule has 17 heavy (non-hydrogen) atoms. The highest BCUT2D eigenvalue weighted by Crippen LogP contribution is 2.43. The topological polar surface area (TPSA) is 50.1 Å². The second kappa shape index (κ2) is 4.54. The Morgan fingerprint density at radius 2 is 2.41 bits per heavy atom. The Labute approximate surface area is 98.8 Å². The van der Waals surface area contributed by atoms with E-state index in [4.69, 9.17) is 10.00 Å². The van der Waals surface area contributed by atoms with E-state index in [-0.39, 0.29) is 12.6 Å². The van der Waals surface area contributed by atoms with Crippen LogP contribution in [0.5, 0.6) is 0 Å². The summed E-state index contributed by atoms with van der Waals surface area (Å²) in [5.74, 6) is -1.86. The van der Waals surface area contributed by atoms with Crippen LogP contribution in [0.15, 0.2) is 18.2 Å². The number of esters is 1. The molecule has 2 rings (SSSR count). The fourth-order valence-corrected chi connectivity index (χ4v) is 2.29. The van der Waals surface area contributed by atoms with Crippen LogP contribution in [0, 0.1) is 17.1 Å². The molecule has 3 nitrogen and oxygen atoms in total. The quantitative estimate of drug-likeness (QED) is 0.737. The number of rotatable bonds is 2. The van der Waals surface area contributed by atoms with Crippen molar-refractivity contribution < 1.29 is 13.9 Å². The number of ether oxygens (including phenoxy) is 1. The van der Waals surface area contributed by atoms with E-state index in [9.17, 15) is 9.18 Å². The number of nitrogens with zero attached hydrogens (tertiary/aromatic N) is 1. The fourth-order valence-electron chi connectivity index (χ4n) is 2.29. The molecule has 4 heteroatoms. The summed E-state index contributed by atoms with van der Waals surface area (Å²) in [5, 5.41) is 9.00. The van der Waals surface area contributed by atoms with E-state index in [1.54, 1.807) is 19.1 Å². The van der Waals surface area contributed by atoms with Crippen molar-refractivity contribution in [3.8, 4) is 6.07 Å². The van der Waals surface area contributed by atoms with Gasteiger partial charge in [0.1, 0.15) is 5.82 Å². The van der Waals surface area contributed by atoms with Gasteiger partial charge in [0, 0.05) is 5.56 Å². The van der Waals surface area contributed by atoms with Crippen LogP contribution in [0.3, 0.4) is 0 Å². The Kier molecular flexibility index (Phi) is 3.10. The Balaban J connectivity index is 2.42. The number of carbonyl (C=O) groups is 1. The van der Waals surface area contributed by atoms with Gasteiger partial charge in [0.2, 0.25) is 0 Å². The maximum Gasteiger partial charge on any atom is 0.313 e. The summed E-state index contributed by atoms with van der Waals surface area (Å²) < 4.78 is 18.6. The first kappa shape index (κ1) is 11.6. The third-order valence-electron chi connectivity index (χ3n) is 3.01. The Morgan fingerprint density at radius 1 is 1.65 bits per heavy atom. The van der Waals surface area contributed by atoms with E-state index in [2.05, 4.69) is 0 Å². The number of halogens is 1. The predicted octanol–water partition coefficient (Wildman–Crippen LogP) is 2.48. The van der Waals surface area contributed by atoms with Gasteiger partial charge in [0.15, 0.2) is 0 Å². The van der Waals surface area contributed by atoms with Crippen LogP contribution >= 0.6 is 0 Å². The average Bonchev–Trinajstić information content (AvgIpc) is 2.69. The third kappa shape index (κ3) is 1.89. The SMILES string of the molecule is CCOC(=O)C1CC(C#N)c2c(F)cccc21. The summed E-state index contributed by atoms with van der Waals surface area (Å²) in [6.45, 7) is 2.01. The first-order valence-electron chi connectivity index (χ1n) is 5.53. The molecule has 1 aliphatic carbocycles. The molecule has 88 valence electrons. The lowest BCUT2D eigenvalue weighted by molar-refractivity contribution is -0.144. The Hall–Kier alpha value is -1.89. The minimum absolute atomic E-state index is 0.289. The largest absolute Gasteiger partial charge is 0.466 e. The number of benzene rings is 1. The normalized spacial score (nSPS) is 21.7. The van der Waals surface area contributed by atoms with Crippen molar-refractivity contribution in [2.45, 2.75) is 25.2 Å². The van der Waals surface area contributed by atoms with Gasteiger partial charge in [-0.05, 0) is 25.0 Å². The van der Waals surface area contributed by atoms with Crippen LogP contribution in [-0.2, 0) is 9.53 Å². The minimum atomic E-state index is -0.555. The zero-order valence-corrected chi connectivity index (χ0v) is 9.44. The van der Waals surface area contributed by atoms with E-state index in [1.807, 2.05) is 6.07 Å². The molecule has 0 heterocycles. The standard InChI is InChI=1S/C13H12FNO2/c1-2-17-13(16)10-6-8(7-15)12-9(10)4-3-5-11(12)14/h3-5,8,10H,2,6H2,1H3. The summed E-state index contributed by atoms with van der Waals surface area (Å²) in [5.41, 5.74) is 0.947. The molecule has 1 aromatic carbocycles. The fraction of sp³-hybridized carbons (Fsp3) is 0.385. The molecule has 0 bridgehead atoms. The first-order valence-corrected chi connectivity index (χ1v) is 5.53. The van der Waals surface area contributed by atoms with Crippen LogP contribution in [-0.4, -0.2) is 12.6 Å². The summed E-state index contributed by atoms with van der Waals surface area (Å²) in [7, 11) is 0. The van der Waals surface area contributed by atoms with Gasteiger partial charge < -0.3 is 4.74 Å². The van der Waals surface area contributed by atoms with Crippen molar-refractivity contribution in [1.29, 1.82) is 5.26 Å². The molecular weight excluding hydrogens is 221 g/mol. The minimum Gasteiger partial charge on any atom is -0.466 e. The van der Waals surface area contributed by atoms with Crippen molar-refractivity contribution in [2.24, 2.45) is 0 Å². The number of hydrogen-bond donors (Lipinski definition) is 0. The van der Waals surface area contributed by atoms with E-state index in [0.717, 1.165) is 0 Å². The number of nitriles is 1. The summed E-state index contributed by atoms with van der Waals surface area (Å²) in [6.07, 6.45) is 0.311. The predicted molar refractivity (Wildman–Crippen MR) is 58.7 cm³/mol. The molecule has 0 spiro atoms. The molecule has 0 fully saturated rings. The maximum atomic E-state index is 13.6. The van der Waals surface area contributed by atoms with Crippen molar-refractivity contribution >= 4 is 5.97 Å². The second-order valence-electron chi connectivity index (χ2n) is 3.96. The lowest BCUT2D eigenvalue weighted by Crippen LogP contribution is -2.13. The zero-order valence-electron chi connectivity index (χ0n) is 9.44. The van der Waals surface area contributed by atoms with E-state index < -0.39 is 17.7 Å². The van der Waals surface area contributed by atoms with Gasteiger partial charge in [-0.2, -0.15) is 5.26 Å². The van der Waals surface area contributed by atoms with Gasteiger partial charge in [0.05, 0.1) is 24.5 Å². The van der Waals surface area contributed by atoms with Crippen molar-refractivity contribution in [2.75, 3.05) is 6.61 Å². The molecule has 0 radical (unpaired) electrons. The van der Waals surface area contributed by atoms with Gasteiger partial charge >= 0.3 is 5.97 Å². The van der Waals surface area contributed by atoms with E-state index in [0.29, 0.717) is 17.5 Å². The molecule has 0 N–H and O–H groups in total. The molecule has 0 saturated heterocycles. The number of hydrogen-bond acceptors (Lipinski definition) is 3.